The lowest BCUT2D eigenvalue weighted by Gasteiger charge is -2.28. The number of aromatic nitrogens is 1. The minimum Gasteiger partial charge on any atom is -0.476 e. The molecule has 1 atom stereocenters. The van der Waals surface area contributed by atoms with Gasteiger partial charge in [-0.3, -0.25) is 0 Å². The van der Waals surface area contributed by atoms with E-state index in [4.69, 9.17) is 11.6 Å². The average Bonchev–Trinajstić information content (AvgIpc) is 2.46. The summed E-state index contributed by atoms with van der Waals surface area (Å²) in [5, 5.41) is 9.87. The second-order valence-corrected chi connectivity index (χ2v) is 4.95. The molecule has 20 heavy (non-hydrogen) atoms. The minimum absolute atomic E-state index is 0.00886. The maximum absolute atomic E-state index is 11.2. The van der Waals surface area contributed by atoms with Crippen molar-refractivity contribution < 1.29 is 9.90 Å². The molecule has 0 fully saturated rings. The van der Waals surface area contributed by atoms with Crippen LogP contribution in [0, 0.1) is 0 Å². The van der Waals surface area contributed by atoms with Gasteiger partial charge in [0.25, 0.3) is 0 Å². The highest BCUT2D eigenvalue weighted by atomic mass is 35.5. The second kappa shape index (κ2) is 5.92. The molecule has 104 valence electrons. The fraction of sp³-hybridized carbons (Fsp3) is 0.200. The Morgan fingerprint density at radius 3 is 2.55 bits per heavy atom. The first-order chi connectivity index (χ1) is 9.50. The van der Waals surface area contributed by atoms with E-state index in [1.165, 1.54) is 6.20 Å². The minimum atomic E-state index is -1.03. The molecule has 0 amide bonds. The molecule has 0 bridgehead atoms. The van der Waals surface area contributed by atoms with Crippen molar-refractivity contribution in [1.82, 2.24) is 4.98 Å². The molecule has 0 radical (unpaired) electrons. The molecule has 0 spiro atoms. The number of rotatable bonds is 4. The van der Waals surface area contributed by atoms with Crippen molar-refractivity contribution in [2.75, 3.05) is 11.9 Å². The van der Waals surface area contributed by atoms with Crippen LogP contribution in [0.25, 0.3) is 0 Å². The van der Waals surface area contributed by atoms with Crippen molar-refractivity contribution >= 4 is 23.3 Å². The van der Waals surface area contributed by atoms with E-state index in [1.807, 2.05) is 43.1 Å². The smallest absolute Gasteiger partial charge is 0.356 e. The van der Waals surface area contributed by atoms with Gasteiger partial charge >= 0.3 is 5.97 Å². The number of pyridine rings is 1. The van der Waals surface area contributed by atoms with E-state index < -0.39 is 5.97 Å². The highest BCUT2D eigenvalue weighted by Gasteiger charge is 2.19. The van der Waals surface area contributed by atoms with Gasteiger partial charge in [-0.05, 0) is 36.8 Å². The number of carboxylic acids is 1. The zero-order chi connectivity index (χ0) is 14.7. The molecule has 0 saturated carbocycles. The fourth-order valence-electron chi connectivity index (χ4n) is 2.02. The SMILES string of the molecule is CC(c1ccc(Cl)cc1)N(C)c1cccnc1C(=O)O. The number of hydrogen-bond donors (Lipinski definition) is 1. The van der Waals surface area contributed by atoms with Crippen LogP contribution >= 0.6 is 11.6 Å². The summed E-state index contributed by atoms with van der Waals surface area (Å²) >= 11 is 5.88. The van der Waals surface area contributed by atoms with Gasteiger partial charge in [-0.25, -0.2) is 9.78 Å². The molecule has 1 N–H and O–H groups in total. The molecule has 0 aliphatic rings. The third-order valence-corrected chi connectivity index (χ3v) is 3.55. The molecule has 0 saturated heterocycles. The number of hydrogen-bond acceptors (Lipinski definition) is 3. The maximum atomic E-state index is 11.2. The van der Waals surface area contributed by atoms with Gasteiger partial charge in [0, 0.05) is 18.3 Å². The number of carboxylic acid groups (broad SMARTS) is 1. The molecular weight excluding hydrogens is 276 g/mol. The molecular formula is C15H15ClN2O2. The maximum Gasteiger partial charge on any atom is 0.356 e. The van der Waals surface area contributed by atoms with Gasteiger partial charge in [0.15, 0.2) is 5.69 Å². The molecule has 4 nitrogen and oxygen atoms in total. The summed E-state index contributed by atoms with van der Waals surface area (Å²) in [6.45, 7) is 2.00. The Morgan fingerprint density at radius 2 is 1.95 bits per heavy atom. The Balaban J connectivity index is 2.33. The molecule has 5 heteroatoms. The highest BCUT2D eigenvalue weighted by Crippen LogP contribution is 2.27. The Hall–Kier alpha value is -2.07. The van der Waals surface area contributed by atoms with Crippen molar-refractivity contribution in [3.05, 3.63) is 58.9 Å². The third kappa shape index (κ3) is 2.91. The number of halogens is 1. The zero-order valence-electron chi connectivity index (χ0n) is 11.2. The fourth-order valence-corrected chi connectivity index (χ4v) is 2.15. The van der Waals surface area contributed by atoms with Crippen molar-refractivity contribution in [2.45, 2.75) is 13.0 Å². The van der Waals surface area contributed by atoms with Gasteiger partial charge in [-0.1, -0.05) is 23.7 Å². The summed E-state index contributed by atoms with van der Waals surface area (Å²) in [5.74, 6) is -1.03. The molecule has 1 unspecified atom stereocenters. The van der Waals surface area contributed by atoms with Crippen LogP contribution in [0.2, 0.25) is 5.02 Å². The molecule has 0 aliphatic heterocycles. The number of benzene rings is 1. The Kier molecular flexibility index (Phi) is 4.25. The third-order valence-electron chi connectivity index (χ3n) is 3.30. The van der Waals surface area contributed by atoms with Gasteiger partial charge in [0.05, 0.1) is 11.7 Å². The summed E-state index contributed by atoms with van der Waals surface area (Å²) in [6.07, 6.45) is 1.48. The van der Waals surface area contributed by atoms with Crippen LogP contribution in [0.5, 0.6) is 0 Å². The Labute approximate surface area is 122 Å². The predicted octanol–water partition coefficient (Wildman–Crippen LogP) is 3.63. The van der Waals surface area contributed by atoms with E-state index >= 15 is 0 Å². The first-order valence-corrected chi connectivity index (χ1v) is 6.55. The largest absolute Gasteiger partial charge is 0.476 e. The van der Waals surface area contributed by atoms with E-state index in [2.05, 4.69) is 4.98 Å². The molecule has 2 aromatic rings. The van der Waals surface area contributed by atoms with Crippen LogP contribution in [0.3, 0.4) is 0 Å². The van der Waals surface area contributed by atoms with E-state index in [-0.39, 0.29) is 11.7 Å². The first kappa shape index (κ1) is 14.3. The van der Waals surface area contributed by atoms with E-state index in [0.29, 0.717) is 10.7 Å². The molecule has 1 aromatic carbocycles. The van der Waals surface area contributed by atoms with Gasteiger partial charge in [-0.15, -0.1) is 0 Å². The molecule has 0 aliphatic carbocycles. The van der Waals surface area contributed by atoms with Gasteiger partial charge in [0.2, 0.25) is 0 Å². The highest BCUT2D eigenvalue weighted by molar-refractivity contribution is 6.30. The standard InChI is InChI=1S/C15H15ClN2O2/c1-10(11-5-7-12(16)8-6-11)18(2)13-4-3-9-17-14(13)15(19)20/h3-10H,1-2H3,(H,19,20). The Bertz CT molecular complexity index is 614. The monoisotopic (exact) mass is 290 g/mol. The lowest BCUT2D eigenvalue weighted by Crippen LogP contribution is -2.24. The molecule has 1 aromatic heterocycles. The topological polar surface area (TPSA) is 53.4 Å². The summed E-state index contributed by atoms with van der Waals surface area (Å²) in [5.41, 5.74) is 1.69. The van der Waals surface area contributed by atoms with E-state index in [1.54, 1.807) is 12.1 Å². The van der Waals surface area contributed by atoms with Crippen LogP contribution in [0.15, 0.2) is 42.6 Å². The summed E-state index contributed by atoms with van der Waals surface area (Å²) in [7, 11) is 1.85. The summed E-state index contributed by atoms with van der Waals surface area (Å²) < 4.78 is 0. The van der Waals surface area contributed by atoms with Gasteiger partial charge in [-0.2, -0.15) is 0 Å². The normalized spacial score (nSPS) is 11.9. The quantitative estimate of drug-likeness (QED) is 0.934. The average molecular weight is 291 g/mol. The second-order valence-electron chi connectivity index (χ2n) is 4.51. The number of anilines is 1. The zero-order valence-corrected chi connectivity index (χ0v) is 12.0. The van der Waals surface area contributed by atoms with Gasteiger partial charge in [0.1, 0.15) is 0 Å². The van der Waals surface area contributed by atoms with Crippen molar-refractivity contribution in [3.63, 3.8) is 0 Å². The summed E-state index contributed by atoms with van der Waals surface area (Å²) in [6, 6.07) is 11.0. The van der Waals surface area contributed by atoms with Crippen molar-refractivity contribution in [1.29, 1.82) is 0 Å². The first-order valence-electron chi connectivity index (χ1n) is 6.17. The Morgan fingerprint density at radius 1 is 1.30 bits per heavy atom. The number of carbonyl (C=O) groups is 1. The van der Waals surface area contributed by atoms with Crippen LogP contribution in [-0.2, 0) is 0 Å². The number of aromatic carboxylic acids is 1. The van der Waals surface area contributed by atoms with Crippen LogP contribution in [0.4, 0.5) is 5.69 Å². The predicted molar refractivity (Wildman–Crippen MR) is 79.5 cm³/mol. The summed E-state index contributed by atoms with van der Waals surface area (Å²) in [4.78, 5) is 17.0. The van der Waals surface area contributed by atoms with Gasteiger partial charge < -0.3 is 10.0 Å². The van der Waals surface area contributed by atoms with E-state index in [0.717, 1.165) is 5.56 Å². The molecule has 1 heterocycles. The van der Waals surface area contributed by atoms with Crippen LogP contribution in [-0.4, -0.2) is 23.1 Å². The number of nitrogens with zero attached hydrogens (tertiary/aromatic N) is 2. The van der Waals surface area contributed by atoms with E-state index in [9.17, 15) is 9.90 Å². The van der Waals surface area contributed by atoms with Crippen molar-refractivity contribution in [2.24, 2.45) is 0 Å². The lowest BCUT2D eigenvalue weighted by atomic mass is 10.1. The van der Waals surface area contributed by atoms with Crippen LogP contribution in [0.1, 0.15) is 29.0 Å². The van der Waals surface area contributed by atoms with Crippen LogP contribution < -0.4 is 4.90 Å². The van der Waals surface area contributed by atoms with Crippen molar-refractivity contribution in [3.8, 4) is 0 Å². The lowest BCUT2D eigenvalue weighted by molar-refractivity contribution is 0.0691. The molecule has 2 rings (SSSR count).